The van der Waals surface area contributed by atoms with Crippen LogP contribution in [0.2, 0.25) is 0 Å². The average Bonchev–Trinajstić information content (AvgIpc) is 3.06. The highest BCUT2D eigenvalue weighted by Gasteiger charge is 2.17. The Morgan fingerprint density at radius 3 is 2.33 bits per heavy atom. The van der Waals surface area contributed by atoms with Crippen LogP contribution in [0.4, 0.5) is 0 Å². The smallest absolute Gasteiger partial charge is 0.144 e. The number of aliphatic hydroxyl groups is 1. The Hall–Kier alpha value is -2.04. The lowest BCUT2D eigenvalue weighted by Gasteiger charge is -2.09. The van der Waals surface area contributed by atoms with Crippen molar-refractivity contribution in [3.05, 3.63) is 64.5 Å². The number of hydrogen-bond acceptors (Lipinski definition) is 4. The lowest BCUT2D eigenvalue weighted by molar-refractivity contribution is 0.515. The van der Waals surface area contributed by atoms with Crippen LogP contribution in [0.5, 0.6) is 0 Å². The van der Waals surface area contributed by atoms with Crippen LogP contribution in [-0.2, 0) is 0 Å². The quantitative estimate of drug-likeness (QED) is 0.435. The van der Waals surface area contributed by atoms with Crippen molar-refractivity contribution >= 4 is 51.8 Å². The Bertz CT molecular complexity index is 938. The first-order valence-corrected chi connectivity index (χ1v) is 9.14. The molecule has 0 spiro atoms. The van der Waals surface area contributed by atoms with Crippen LogP contribution in [0.3, 0.4) is 0 Å². The van der Waals surface area contributed by atoms with Crippen molar-refractivity contribution in [3.63, 3.8) is 0 Å². The number of rotatable bonds is 3. The molecule has 0 fully saturated rings. The van der Waals surface area contributed by atoms with Crippen LogP contribution in [0.15, 0.2) is 53.9 Å². The largest absolute Gasteiger partial charge is 0.506 e. The second-order valence-electron chi connectivity index (χ2n) is 5.05. The number of allylic oxidation sites excluding steroid dienone is 1. The molecule has 0 saturated heterocycles. The molecule has 0 saturated carbocycles. The Kier molecular flexibility index (Phi) is 5.07. The molecule has 2 aromatic carbocycles. The van der Waals surface area contributed by atoms with E-state index in [-0.39, 0.29) is 11.3 Å². The average molecular weight is 368 g/mol. The molecule has 0 aliphatic carbocycles. The second kappa shape index (κ2) is 7.24. The first-order chi connectivity index (χ1) is 11.6. The maximum Gasteiger partial charge on any atom is 0.144 e. The minimum absolute atomic E-state index is 0.0536. The van der Waals surface area contributed by atoms with Gasteiger partial charge >= 0.3 is 0 Å². The van der Waals surface area contributed by atoms with Gasteiger partial charge in [-0.15, -0.1) is 29.8 Å². The van der Waals surface area contributed by atoms with E-state index in [2.05, 4.69) is 29.5 Å². The molecule has 0 aliphatic heterocycles. The summed E-state index contributed by atoms with van der Waals surface area (Å²) < 4.78 is 0. The van der Waals surface area contributed by atoms with Gasteiger partial charge in [0.1, 0.15) is 22.4 Å². The van der Waals surface area contributed by atoms with Crippen molar-refractivity contribution in [2.75, 3.05) is 0 Å². The normalized spacial score (nSPS) is 11.7. The van der Waals surface area contributed by atoms with Crippen LogP contribution >= 0.6 is 29.8 Å². The molecular weight excluding hydrogens is 354 g/mol. The van der Waals surface area contributed by atoms with Gasteiger partial charge in [-0.2, -0.15) is 5.26 Å². The van der Waals surface area contributed by atoms with E-state index in [0.29, 0.717) is 10.6 Å². The van der Waals surface area contributed by atoms with Crippen molar-refractivity contribution in [2.45, 2.75) is 0 Å². The molecule has 3 nitrogen and oxygen atoms in total. The number of thiazole rings is 1. The molecule has 0 amide bonds. The lowest BCUT2D eigenvalue weighted by Crippen LogP contribution is -2.12. The fraction of sp³-hybridized carbons (Fsp3) is 0. The summed E-state index contributed by atoms with van der Waals surface area (Å²) in [5, 5.41) is 24.3. The molecule has 3 aromatic rings. The minimum Gasteiger partial charge on any atom is -0.506 e. The van der Waals surface area contributed by atoms with E-state index in [4.69, 9.17) is 0 Å². The van der Waals surface area contributed by atoms with Crippen LogP contribution in [-0.4, -0.2) is 10.1 Å². The maximum atomic E-state index is 10.7. The third-order valence-corrected chi connectivity index (χ3v) is 5.32. The fourth-order valence-corrected chi connectivity index (χ4v) is 4.14. The minimum atomic E-state index is -0.0536. The van der Waals surface area contributed by atoms with Gasteiger partial charge in [0.05, 0.1) is 5.69 Å². The Morgan fingerprint density at radius 2 is 1.71 bits per heavy atom. The maximum absolute atomic E-state index is 10.7. The molecule has 6 heteroatoms. The van der Waals surface area contributed by atoms with Gasteiger partial charge < -0.3 is 5.11 Å². The molecule has 2 unspecified atom stereocenters. The molecular formula is C18H14N2OP2S. The molecule has 118 valence electrons. The summed E-state index contributed by atoms with van der Waals surface area (Å²) >= 11 is 1.35. The van der Waals surface area contributed by atoms with Gasteiger partial charge in [0.15, 0.2) is 0 Å². The molecule has 0 radical (unpaired) electrons. The van der Waals surface area contributed by atoms with Crippen molar-refractivity contribution in [1.29, 1.82) is 5.26 Å². The number of nitrogens with zero attached hydrogens (tertiary/aromatic N) is 2. The molecule has 1 aromatic heterocycles. The van der Waals surface area contributed by atoms with Gasteiger partial charge in [0.2, 0.25) is 0 Å². The highest BCUT2D eigenvalue weighted by Crippen LogP contribution is 2.29. The van der Waals surface area contributed by atoms with Crippen LogP contribution in [0, 0.1) is 11.3 Å². The van der Waals surface area contributed by atoms with Gasteiger partial charge in [-0.3, -0.25) is 0 Å². The monoisotopic (exact) mass is 368 g/mol. The summed E-state index contributed by atoms with van der Waals surface area (Å²) in [7, 11) is 5.17. The van der Waals surface area contributed by atoms with Gasteiger partial charge in [-0.25, -0.2) is 4.98 Å². The summed E-state index contributed by atoms with van der Waals surface area (Å²) in [5.74, 6) is -0.0536. The fourth-order valence-electron chi connectivity index (χ4n) is 2.32. The third kappa shape index (κ3) is 3.25. The molecule has 24 heavy (non-hydrogen) atoms. The molecule has 0 bridgehead atoms. The van der Waals surface area contributed by atoms with E-state index >= 15 is 0 Å². The van der Waals surface area contributed by atoms with Crippen LogP contribution in [0.25, 0.3) is 22.6 Å². The summed E-state index contributed by atoms with van der Waals surface area (Å²) in [6.45, 7) is 0. The molecule has 0 aliphatic rings. The summed E-state index contributed by atoms with van der Waals surface area (Å²) in [6, 6.07) is 17.5. The first kappa shape index (κ1) is 16.8. The second-order valence-corrected chi connectivity index (χ2v) is 7.15. The van der Waals surface area contributed by atoms with E-state index < -0.39 is 0 Å². The van der Waals surface area contributed by atoms with E-state index in [9.17, 15) is 10.4 Å². The van der Waals surface area contributed by atoms with Crippen LogP contribution < -0.4 is 10.6 Å². The number of benzene rings is 2. The highest BCUT2D eigenvalue weighted by atomic mass is 32.1. The Morgan fingerprint density at radius 1 is 1.04 bits per heavy atom. The zero-order valence-corrected chi connectivity index (χ0v) is 15.7. The SMILES string of the molecule is N#C/C(=C(/O)c1c(P)cccc1P)c1nc(-c2ccccc2)cs1. The Labute approximate surface area is 149 Å². The van der Waals surface area contributed by atoms with E-state index in [1.54, 1.807) is 0 Å². The lowest BCUT2D eigenvalue weighted by atomic mass is 10.1. The molecule has 2 atom stereocenters. The number of nitriles is 1. The number of aromatic nitrogens is 1. The van der Waals surface area contributed by atoms with Gasteiger partial charge in [-0.05, 0) is 10.6 Å². The first-order valence-electron chi connectivity index (χ1n) is 7.10. The molecule has 1 heterocycles. The van der Waals surface area contributed by atoms with Gasteiger partial charge in [-0.1, -0.05) is 48.5 Å². The zero-order valence-electron chi connectivity index (χ0n) is 12.6. The van der Waals surface area contributed by atoms with Crippen molar-refractivity contribution in [2.24, 2.45) is 0 Å². The third-order valence-electron chi connectivity index (χ3n) is 3.50. The summed E-state index contributed by atoms with van der Waals surface area (Å²) in [6.07, 6.45) is 0. The highest BCUT2D eigenvalue weighted by molar-refractivity contribution is 7.30. The topological polar surface area (TPSA) is 56.9 Å². The van der Waals surface area contributed by atoms with Gasteiger partial charge in [0.25, 0.3) is 0 Å². The van der Waals surface area contributed by atoms with E-state index in [0.717, 1.165) is 21.9 Å². The predicted molar refractivity (Wildman–Crippen MR) is 108 cm³/mol. The summed E-state index contributed by atoms with van der Waals surface area (Å²) in [4.78, 5) is 4.52. The van der Waals surface area contributed by atoms with E-state index in [1.807, 2.05) is 53.9 Å². The van der Waals surface area contributed by atoms with Crippen molar-refractivity contribution < 1.29 is 5.11 Å². The Balaban J connectivity index is 2.10. The van der Waals surface area contributed by atoms with Crippen molar-refractivity contribution in [3.8, 4) is 17.3 Å². The standard InChI is InChI=1S/C18H14N2OP2S/c19-9-12(17(21)16-14(22)7-4-8-15(16)23)18-20-13(10-24-18)11-5-2-1-3-6-11/h1-8,10,21H,22-23H2/b17-12-. The number of hydrogen-bond donors (Lipinski definition) is 1. The molecule has 3 rings (SSSR count). The van der Waals surface area contributed by atoms with Crippen molar-refractivity contribution in [1.82, 2.24) is 4.98 Å². The van der Waals surface area contributed by atoms with Crippen LogP contribution in [0.1, 0.15) is 10.6 Å². The van der Waals surface area contributed by atoms with Gasteiger partial charge in [0, 0.05) is 16.5 Å². The number of aliphatic hydroxyl groups excluding tert-OH is 1. The molecule has 1 N–H and O–H groups in total. The van der Waals surface area contributed by atoms with E-state index in [1.165, 1.54) is 11.3 Å². The summed E-state index contributed by atoms with van der Waals surface area (Å²) in [5.41, 5.74) is 2.58. The predicted octanol–water partition coefficient (Wildman–Crippen LogP) is 3.76. The zero-order chi connectivity index (χ0) is 17.1.